The Morgan fingerprint density at radius 3 is 2.69 bits per heavy atom. The van der Waals surface area contributed by atoms with Gasteiger partial charge in [0.1, 0.15) is 0 Å². The van der Waals surface area contributed by atoms with Crippen LogP contribution in [-0.4, -0.2) is 26.1 Å². The quantitative estimate of drug-likeness (QED) is 0.790. The van der Waals surface area contributed by atoms with Crippen molar-refractivity contribution in [1.29, 1.82) is 0 Å². The second-order valence-corrected chi connectivity index (χ2v) is 3.00. The molecule has 0 bridgehead atoms. The minimum Gasteiger partial charge on any atom is -0.345 e. The van der Waals surface area contributed by atoms with Crippen LogP contribution in [0.1, 0.15) is 16.2 Å². The van der Waals surface area contributed by atoms with Gasteiger partial charge in [0, 0.05) is 25.1 Å². The van der Waals surface area contributed by atoms with Crippen LogP contribution in [0.15, 0.2) is 36.9 Å². The van der Waals surface area contributed by atoms with Gasteiger partial charge in [0.05, 0.1) is 6.20 Å². The van der Waals surface area contributed by atoms with Gasteiger partial charge in [-0.2, -0.15) is 5.10 Å². The maximum atomic E-state index is 11.5. The van der Waals surface area contributed by atoms with Crippen LogP contribution >= 0.6 is 0 Å². The molecule has 0 spiro atoms. The SMILES string of the molecule is O=C(NCc1ccncc1)c1nccnn1. The predicted octanol–water partition coefficient (Wildman–Crippen LogP) is 0.197. The lowest BCUT2D eigenvalue weighted by Gasteiger charge is -2.02. The summed E-state index contributed by atoms with van der Waals surface area (Å²) in [6, 6.07) is 3.65. The van der Waals surface area contributed by atoms with Gasteiger partial charge in [0.15, 0.2) is 0 Å². The van der Waals surface area contributed by atoms with Crippen LogP contribution in [0.3, 0.4) is 0 Å². The highest BCUT2D eigenvalue weighted by Crippen LogP contribution is 1.95. The molecule has 80 valence electrons. The third kappa shape index (κ3) is 2.57. The van der Waals surface area contributed by atoms with Gasteiger partial charge in [-0.25, -0.2) is 4.98 Å². The zero-order valence-electron chi connectivity index (χ0n) is 8.37. The van der Waals surface area contributed by atoms with E-state index in [1.54, 1.807) is 12.4 Å². The maximum absolute atomic E-state index is 11.5. The molecule has 0 unspecified atom stereocenters. The molecule has 0 fully saturated rings. The van der Waals surface area contributed by atoms with Gasteiger partial charge in [0.25, 0.3) is 5.91 Å². The number of hydrogen-bond acceptors (Lipinski definition) is 5. The Labute approximate surface area is 91.8 Å². The van der Waals surface area contributed by atoms with E-state index in [1.807, 2.05) is 12.1 Å². The van der Waals surface area contributed by atoms with Crippen molar-refractivity contribution in [2.75, 3.05) is 0 Å². The summed E-state index contributed by atoms with van der Waals surface area (Å²) in [6.07, 6.45) is 6.18. The molecule has 1 N–H and O–H groups in total. The summed E-state index contributed by atoms with van der Waals surface area (Å²) < 4.78 is 0. The molecule has 6 heteroatoms. The largest absolute Gasteiger partial charge is 0.345 e. The normalized spacial score (nSPS) is 9.75. The number of nitrogens with zero attached hydrogens (tertiary/aromatic N) is 4. The first kappa shape index (κ1) is 10.2. The molecule has 6 nitrogen and oxygen atoms in total. The molecule has 0 aromatic carbocycles. The summed E-state index contributed by atoms with van der Waals surface area (Å²) >= 11 is 0. The first-order valence-corrected chi connectivity index (χ1v) is 4.67. The molecule has 2 heterocycles. The molecule has 0 saturated heterocycles. The highest BCUT2D eigenvalue weighted by Gasteiger charge is 2.07. The molecule has 1 amide bonds. The Morgan fingerprint density at radius 2 is 2.00 bits per heavy atom. The molecule has 0 radical (unpaired) electrons. The van der Waals surface area contributed by atoms with Crippen LogP contribution < -0.4 is 5.32 Å². The average Bonchev–Trinajstić information content (AvgIpc) is 2.38. The molecular formula is C10H9N5O. The number of hydrogen-bond donors (Lipinski definition) is 1. The number of nitrogens with one attached hydrogen (secondary N) is 1. The van der Waals surface area contributed by atoms with Crippen molar-refractivity contribution < 1.29 is 4.79 Å². The molecule has 2 rings (SSSR count). The monoisotopic (exact) mass is 215 g/mol. The Kier molecular flexibility index (Phi) is 3.12. The van der Waals surface area contributed by atoms with Gasteiger partial charge < -0.3 is 5.32 Å². The van der Waals surface area contributed by atoms with Gasteiger partial charge in [-0.3, -0.25) is 9.78 Å². The lowest BCUT2D eigenvalue weighted by Crippen LogP contribution is -2.25. The molecule has 16 heavy (non-hydrogen) atoms. The van der Waals surface area contributed by atoms with E-state index in [-0.39, 0.29) is 11.7 Å². The lowest BCUT2D eigenvalue weighted by atomic mass is 10.3. The Bertz CT molecular complexity index is 459. The van der Waals surface area contributed by atoms with E-state index >= 15 is 0 Å². The smallest absolute Gasteiger partial charge is 0.291 e. The van der Waals surface area contributed by atoms with Gasteiger partial charge in [-0.15, -0.1) is 5.10 Å². The van der Waals surface area contributed by atoms with Crippen LogP contribution in [-0.2, 0) is 6.54 Å². The fourth-order valence-electron chi connectivity index (χ4n) is 1.11. The van der Waals surface area contributed by atoms with Gasteiger partial charge in [0.2, 0.25) is 5.82 Å². The topological polar surface area (TPSA) is 80.7 Å². The minimum atomic E-state index is -0.343. The third-order valence-corrected chi connectivity index (χ3v) is 1.89. The molecular weight excluding hydrogens is 206 g/mol. The number of carbonyl (C=O) groups excluding carboxylic acids is 1. The lowest BCUT2D eigenvalue weighted by molar-refractivity contribution is 0.0939. The van der Waals surface area contributed by atoms with Crippen LogP contribution in [0, 0.1) is 0 Å². The van der Waals surface area contributed by atoms with Crippen molar-refractivity contribution in [2.45, 2.75) is 6.54 Å². The number of amides is 1. The molecule has 0 aliphatic heterocycles. The van der Waals surface area contributed by atoms with E-state index in [9.17, 15) is 4.79 Å². The highest BCUT2D eigenvalue weighted by molar-refractivity contribution is 5.90. The van der Waals surface area contributed by atoms with Crippen molar-refractivity contribution in [3.05, 3.63) is 48.3 Å². The van der Waals surface area contributed by atoms with Crippen molar-refractivity contribution >= 4 is 5.91 Å². The molecule has 2 aromatic rings. The van der Waals surface area contributed by atoms with Crippen molar-refractivity contribution in [3.8, 4) is 0 Å². The maximum Gasteiger partial charge on any atom is 0.291 e. The van der Waals surface area contributed by atoms with E-state index in [4.69, 9.17) is 0 Å². The van der Waals surface area contributed by atoms with Crippen LogP contribution in [0.2, 0.25) is 0 Å². The zero-order valence-corrected chi connectivity index (χ0v) is 8.37. The van der Waals surface area contributed by atoms with Crippen LogP contribution in [0.5, 0.6) is 0 Å². The number of pyridine rings is 1. The summed E-state index contributed by atoms with van der Waals surface area (Å²) in [5.74, 6) is -0.276. The van der Waals surface area contributed by atoms with Crippen molar-refractivity contribution in [2.24, 2.45) is 0 Å². The summed E-state index contributed by atoms with van der Waals surface area (Å²) in [5.41, 5.74) is 0.965. The summed E-state index contributed by atoms with van der Waals surface area (Å²) in [5, 5.41) is 9.87. The molecule has 0 saturated carbocycles. The van der Waals surface area contributed by atoms with E-state index < -0.39 is 0 Å². The minimum absolute atomic E-state index is 0.0663. The van der Waals surface area contributed by atoms with Gasteiger partial charge >= 0.3 is 0 Å². The fraction of sp³-hybridized carbons (Fsp3) is 0.100. The second-order valence-electron chi connectivity index (χ2n) is 3.00. The third-order valence-electron chi connectivity index (χ3n) is 1.89. The van der Waals surface area contributed by atoms with Crippen molar-refractivity contribution in [1.82, 2.24) is 25.5 Å². The van der Waals surface area contributed by atoms with Crippen molar-refractivity contribution in [3.63, 3.8) is 0 Å². The molecule has 0 aliphatic rings. The number of rotatable bonds is 3. The van der Waals surface area contributed by atoms with E-state index in [0.29, 0.717) is 6.54 Å². The Hall–Kier alpha value is -2.37. The average molecular weight is 215 g/mol. The molecule has 2 aromatic heterocycles. The van der Waals surface area contributed by atoms with Crippen LogP contribution in [0.25, 0.3) is 0 Å². The van der Waals surface area contributed by atoms with Gasteiger partial charge in [-0.05, 0) is 17.7 Å². The Balaban J connectivity index is 1.95. The fourth-order valence-corrected chi connectivity index (χ4v) is 1.11. The van der Waals surface area contributed by atoms with E-state index in [2.05, 4.69) is 25.5 Å². The summed E-state index contributed by atoms with van der Waals surface area (Å²) in [6.45, 7) is 0.416. The first-order valence-electron chi connectivity index (χ1n) is 4.67. The van der Waals surface area contributed by atoms with Gasteiger partial charge in [-0.1, -0.05) is 0 Å². The molecule has 0 aliphatic carbocycles. The number of aromatic nitrogens is 4. The van der Waals surface area contributed by atoms with E-state index in [1.165, 1.54) is 12.4 Å². The Morgan fingerprint density at radius 1 is 1.19 bits per heavy atom. The number of carbonyl (C=O) groups is 1. The van der Waals surface area contributed by atoms with E-state index in [0.717, 1.165) is 5.56 Å². The molecule has 0 atom stereocenters. The highest BCUT2D eigenvalue weighted by atomic mass is 16.2. The first-order chi connectivity index (χ1) is 7.86. The standard InChI is InChI=1S/C10H9N5O/c16-10(9-12-5-6-14-15-9)13-7-8-1-3-11-4-2-8/h1-6H,7H2,(H,13,16). The predicted molar refractivity (Wildman–Crippen MR) is 55.2 cm³/mol. The second kappa shape index (κ2) is 4.92. The van der Waals surface area contributed by atoms with Crippen LogP contribution in [0.4, 0.5) is 0 Å². The summed E-state index contributed by atoms with van der Waals surface area (Å²) in [4.78, 5) is 19.2. The summed E-state index contributed by atoms with van der Waals surface area (Å²) in [7, 11) is 0. The zero-order chi connectivity index (χ0) is 11.2.